The van der Waals surface area contributed by atoms with Crippen LogP contribution in [0.4, 0.5) is 17.5 Å². The van der Waals surface area contributed by atoms with Crippen molar-refractivity contribution in [1.29, 1.82) is 0 Å². The Labute approximate surface area is 333 Å². The van der Waals surface area contributed by atoms with Crippen LogP contribution in [0, 0.1) is 0 Å². The lowest BCUT2D eigenvalue weighted by Crippen LogP contribution is -2.54. The smallest absolute Gasteiger partial charge is 0.293 e. The molecule has 7 rings (SSSR count). The number of carbonyl (C=O) groups excluding carboxylic acids is 3. The van der Waals surface area contributed by atoms with Gasteiger partial charge in [0.2, 0.25) is 11.9 Å². The number of pyridine rings is 1. The molecule has 0 saturated carbocycles. The lowest BCUT2D eigenvalue weighted by Gasteiger charge is -2.32. The van der Waals surface area contributed by atoms with Crippen LogP contribution in [-0.2, 0) is 32.7 Å². The first-order valence-corrected chi connectivity index (χ1v) is 19.2. The molecule has 2 saturated heterocycles. The number of aliphatic hydroxyl groups excluding tert-OH is 1. The van der Waals surface area contributed by atoms with E-state index in [0.29, 0.717) is 98.2 Å². The number of nitrogens with one attached hydrogen (secondary N) is 3. The SMILES string of the molecule is CNC(=O)COc1cc2cc(Nc3nc(N4CCC(OCCOCCOc5ccc6c(c5)CN(C5CCC(O)NC5=O)C6=O)CC4)ncc3Cl)ccc2n(C)c1=O. The lowest BCUT2D eigenvalue weighted by atomic mass is 10.0. The predicted molar refractivity (Wildman–Crippen MR) is 210 cm³/mol. The van der Waals surface area contributed by atoms with Crippen LogP contribution in [0.15, 0.2) is 53.5 Å². The Kier molecular flexibility index (Phi) is 12.4. The highest BCUT2D eigenvalue weighted by Gasteiger charge is 2.39. The molecule has 4 aromatic rings. The number of anilines is 3. The van der Waals surface area contributed by atoms with Crippen molar-refractivity contribution in [3.05, 3.63) is 75.2 Å². The van der Waals surface area contributed by atoms with Gasteiger partial charge < -0.3 is 54.4 Å². The van der Waals surface area contributed by atoms with Crippen LogP contribution in [0.25, 0.3) is 10.9 Å². The highest BCUT2D eigenvalue weighted by molar-refractivity contribution is 6.33. The summed E-state index contributed by atoms with van der Waals surface area (Å²) in [4.78, 5) is 62.5. The monoisotopic (exact) mass is 804 g/mol. The van der Waals surface area contributed by atoms with E-state index >= 15 is 0 Å². The standard InChI is InChI=1S/C39H45ClN8O9/c1-41-34(50)22-57-32-19-23-17-25(3-6-30(23)46(2)38(32)53)43-35-29(40)20-42-39(45-35)47-11-9-26(10-12-47)55-15-13-54-14-16-56-27-4-5-28-24(18-27)21-48(37(28)52)31-7-8-33(49)44-36(31)51/h3-6,17-20,26,31,33,49H,7-16,21-22H2,1-2H3,(H,41,50)(H,44,51)(H,42,43,45). The molecule has 4 N–H and O–H groups in total. The zero-order valence-electron chi connectivity index (χ0n) is 31.7. The van der Waals surface area contributed by atoms with Crippen LogP contribution >= 0.6 is 11.6 Å². The summed E-state index contributed by atoms with van der Waals surface area (Å²) in [5, 5.41) is 19.0. The van der Waals surface area contributed by atoms with Crippen molar-refractivity contribution in [2.45, 2.75) is 50.6 Å². The minimum Gasteiger partial charge on any atom is -0.491 e. The summed E-state index contributed by atoms with van der Waals surface area (Å²) in [6.07, 6.45) is 3.17. The maximum absolute atomic E-state index is 12.9. The number of hydrogen-bond acceptors (Lipinski definition) is 13. The second-order valence-electron chi connectivity index (χ2n) is 14.0. The normalized spacial score (nSPS) is 18.4. The number of carbonyl (C=O) groups is 3. The quantitative estimate of drug-likeness (QED) is 0.128. The van der Waals surface area contributed by atoms with Gasteiger partial charge in [-0.25, -0.2) is 4.98 Å². The summed E-state index contributed by atoms with van der Waals surface area (Å²) in [5.41, 5.74) is 2.39. The maximum Gasteiger partial charge on any atom is 0.293 e. The first kappa shape index (κ1) is 39.7. The van der Waals surface area contributed by atoms with E-state index in [1.54, 1.807) is 36.3 Å². The average Bonchev–Trinajstić information content (AvgIpc) is 3.53. The van der Waals surface area contributed by atoms with Gasteiger partial charge in [0.15, 0.2) is 18.2 Å². The van der Waals surface area contributed by atoms with Crippen molar-refractivity contribution in [2.75, 3.05) is 63.4 Å². The number of aryl methyl sites for hydroxylation is 1. The van der Waals surface area contributed by atoms with E-state index in [1.165, 1.54) is 11.6 Å². The summed E-state index contributed by atoms with van der Waals surface area (Å²) in [5.74, 6) is 0.791. The Morgan fingerprint density at radius 3 is 2.60 bits per heavy atom. The Morgan fingerprint density at radius 2 is 1.81 bits per heavy atom. The molecule has 18 heteroatoms. The minimum absolute atomic E-state index is 0.0664. The topological polar surface area (TPSA) is 199 Å². The van der Waals surface area contributed by atoms with Crippen molar-refractivity contribution >= 4 is 57.7 Å². The second-order valence-corrected chi connectivity index (χ2v) is 14.4. The molecule has 3 amide bonds. The number of aromatic nitrogens is 3. The molecule has 57 heavy (non-hydrogen) atoms. The molecule has 2 atom stereocenters. The van der Waals surface area contributed by atoms with Gasteiger partial charge in [-0.2, -0.15) is 4.98 Å². The zero-order chi connectivity index (χ0) is 40.1. The number of likely N-dealkylation sites (N-methyl/N-ethyl adjacent to an activating group) is 1. The van der Waals surface area contributed by atoms with E-state index in [4.69, 9.17) is 35.5 Å². The number of nitrogens with zero attached hydrogens (tertiary/aromatic N) is 5. The van der Waals surface area contributed by atoms with E-state index in [0.717, 1.165) is 23.8 Å². The Hall–Kier alpha value is -5.49. The Morgan fingerprint density at radius 1 is 1.00 bits per heavy atom. The van der Waals surface area contributed by atoms with Crippen LogP contribution in [0.5, 0.6) is 11.5 Å². The second kappa shape index (κ2) is 17.8. The van der Waals surface area contributed by atoms with E-state index in [1.807, 2.05) is 24.3 Å². The van der Waals surface area contributed by atoms with Crippen LogP contribution in [0.2, 0.25) is 5.02 Å². The van der Waals surface area contributed by atoms with Gasteiger partial charge in [-0.1, -0.05) is 11.6 Å². The van der Waals surface area contributed by atoms with Crippen LogP contribution in [0.3, 0.4) is 0 Å². The van der Waals surface area contributed by atoms with Crippen molar-refractivity contribution in [1.82, 2.24) is 30.1 Å². The number of halogens is 1. The van der Waals surface area contributed by atoms with E-state index in [2.05, 4.69) is 25.8 Å². The van der Waals surface area contributed by atoms with Gasteiger partial charge in [0.05, 0.1) is 37.6 Å². The highest BCUT2D eigenvalue weighted by Crippen LogP contribution is 2.31. The van der Waals surface area contributed by atoms with Gasteiger partial charge >= 0.3 is 0 Å². The molecule has 2 unspecified atom stereocenters. The van der Waals surface area contributed by atoms with E-state index in [9.17, 15) is 24.3 Å². The average molecular weight is 805 g/mol. The summed E-state index contributed by atoms with van der Waals surface area (Å²) >= 11 is 6.50. The number of piperidine rings is 2. The van der Waals surface area contributed by atoms with Crippen LogP contribution < -0.4 is 35.9 Å². The Balaban J connectivity index is 0.827. The summed E-state index contributed by atoms with van der Waals surface area (Å²) in [6.45, 7) is 3.00. The minimum atomic E-state index is -0.870. The molecular formula is C39H45ClN8O9. The first-order valence-electron chi connectivity index (χ1n) is 18.8. The number of amides is 3. The highest BCUT2D eigenvalue weighted by atomic mass is 35.5. The van der Waals surface area contributed by atoms with E-state index < -0.39 is 12.3 Å². The predicted octanol–water partition coefficient (Wildman–Crippen LogP) is 2.48. The molecule has 0 spiro atoms. The molecule has 0 radical (unpaired) electrons. The summed E-state index contributed by atoms with van der Waals surface area (Å²) < 4.78 is 24.6. The molecular weight excluding hydrogens is 760 g/mol. The fourth-order valence-electron chi connectivity index (χ4n) is 7.14. The van der Waals surface area contributed by atoms with Crippen LogP contribution in [-0.4, -0.2) is 114 Å². The van der Waals surface area contributed by atoms with Gasteiger partial charge in [-0.3, -0.25) is 19.2 Å². The third-order valence-corrected chi connectivity index (χ3v) is 10.5. The largest absolute Gasteiger partial charge is 0.491 e. The third-order valence-electron chi connectivity index (χ3n) is 10.2. The number of fused-ring (bicyclic) bond motifs is 2. The molecule has 5 heterocycles. The molecule has 0 bridgehead atoms. The van der Waals surface area contributed by atoms with Crippen LogP contribution in [0.1, 0.15) is 41.6 Å². The molecule has 2 aromatic carbocycles. The molecule has 3 aliphatic rings. The molecule has 2 aromatic heterocycles. The molecule has 0 aliphatic carbocycles. The summed E-state index contributed by atoms with van der Waals surface area (Å²) in [6, 6.07) is 11.8. The van der Waals surface area contributed by atoms with Crippen molar-refractivity contribution in [3.8, 4) is 11.5 Å². The van der Waals surface area contributed by atoms with Gasteiger partial charge in [0.1, 0.15) is 29.6 Å². The molecule has 302 valence electrons. The number of hydrogen-bond donors (Lipinski definition) is 4. The van der Waals surface area contributed by atoms with Crippen molar-refractivity contribution in [2.24, 2.45) is 7.05 Å². The zero-order valence-corrected chi connectivity index (χ0v) is 32.4. The van der Waals surface area contributed by atoms with Gasteiger partial charge in [0, 0.05) is 50.4 Å². The molecule has 3 aliphatic heterocycles. The number of ether oxygens (including phenoxy) is 4. The lowest BCUT2D eigenvalue weighted by molar-refractivity contribution is -0.132. The number of benzene rings is 2. The molecule has 2 fully saturated rings. The molecule has 17 nitrogen and oxygen atoms in total. The number of aliphatic hydroxyl groups is 1. The van der Waals surface area contributed by atoms with Crippen molar-refractivity contribution in [3.63, 3.8) is 0 Å². The fourth-order valence-corrected chi connectivity index (χ4v) is 7.28. The first-order chi connectivity index (χ1) is 27.6. The Bertz CT molecular complexity index is 2200. The summed E-state index contributed by atoms with van der Waals surface area (Å²) in [7, 11) is 3.14. The van der Waals surface area contributed by atoms with Crippen molar-refractivity contribution < 1.29 is 38.4 Å². The van der Waals surface area contributed by atoms with Gasteiger partial charge in [-0.15, -0.1) is 0 Å². The van der Waals surface area contributed by atoms with Gasteiger partial charge in [-0.05, 0) is 73.7 Å². The third kappa shape index (κ3) is 9.23. The fraction of sp³-hybridized carbons (Fsp3) is 0.436. The van der Waals surface area contributed by atoms with Gasteiger partial charge in [0.25, 0.3) is 17.4 Å². The number of rotatable bonds is 15. The maximum atomic E-state index is 12.9. The van der Waals surface area contributed by atoms with E-state index in [-0.39, 0.29) is 41.7 Å².